The molecule has 1 unspecified atom stereocenters. The number of nitrogens with one attached hydrogen (secondary N) is 1. The zero-order valence-corrected chi connectivity index (χ0v) is 31.6. The number of rotatable bonds is 10. The van der Waals surface area contributed by atoms with Crippen molar-refractivity contribution in [1.82, 2.24) is 34.8 Å². The molecule has 4 aliphatic rings. The molecule has 3 N–H and O–H groups in total. The summed E-state index contributed by atoms with van der Waals surface area (Å²) in [6.45, 7) is 9.05. The van der Waals surface area contributed by atoms with Crippen molar-refractivity contribution in [2.45, 2.75) is 51.3 Å². The maximum absolute atomic E-state index is 13.8. The lowest BCUT2D eigenvalue weighted by Crippen LogP contribution is -2.54. The number of carbonyl (C=O) groups excluding carboxylic acids is 4. The van der Waals surface area contributed by atoms with Crippen molar-refractivity contribution in [3.63, 3.8) is 0 Å². The number of ether oxygens (including phenoxy) is 1. The summed E-state index contributed by atoms with van der Waals surface area (Å²) >= 11 is 0. The van der Waals surface area contributed by atoms with E-state index in [9.17, 15) is 23.6 Å². The predicted octanol–water partition coefficient (Wildman–Crippen LogP) is 3.78. The first-order valence-electron chi connectivity index (χ1n) is 19.3. The number of nitrogen functional groups attached to an aromatic ring is 1. The van der Waals surface area contributed by atoms with Gasteiger partial charge in [-0.15, -0.1) is 0 Å². The van der Waals surface area contributed by atoms with Crippen LogP contribution in [0.2, 0.25) is 0 Å². The number of fused-ring (bicyclic) bond motifs is 1. The number of piperazine rings is 1. The largest absolute Gasteiger partial charge is 0.482 e. The van der Waals surface area contributed by atoms with Gasteiger partial charge in [0.05, 0.1) is 16.8 Å². The van der Waals surface area contributed by atoms with Gasteiger partial charge >= 0.3 is 0 Å². The summed E-state index contributed by atoms with van der Waals surface area (Å²) in [4.78, 5) is 63.2. The van der Waals surface area contributed by atoms with Gasteiger partial charge in [-0.3, -0.25) is 39.0 Å². The quantitative estimate of drug-likeness (QED) is 0.227. The van der Waals surface area contributed by atoms with Crippen LogP contribution in [0.4, 0.5) is 15.9 Å². The number of halogens is 1. The number of aryl methyl sites for hydroxylation is 1. The Morgan fingerprint density at radius 2 is 1.66 bits per heavy atom. The molecule has 4 aliphatic heterocycles. The van der Waals surface area contributed by atoms with Gasteiger partial charge in [0.15, 0.2) is 11.6 Å². The number of amides is 4. The molecule has 2 aromatic carbocycles. The minimum absolute atomic E-state index is 0.0921. The van der Waals surface area contributed by atoms with Crippen LogP contribution in [0, 0.1) is 11.7 Å². The van der Waals surface area contributed by atoms with Crippen molar-refractivity contribution in [2.24, 2.45) is 13.0 Å². The van der Waals surface area contributed by atoms with E-state index >= 15 is 0 Å². The summed E-state index contributed by atoms with van der Waals surface area (Å²) in [5, 5.41) is 7.05. The van der Waals surface area contributed by atoms with Gasteiger partial charge in [-0.25, -0.2) is 9.37 Å². The van der Waals surface area contributed by atoms with Crippen molar-refractivity contribution >= 4 is 35.1 Å². The molecule has 2 atom stereocenters. The van der Waals surface area contributed by atoms with E-state index in [-0.39, 0.29) is 24.5 Å². The predicted molar refractivity (Wildman–Crippen MR) is 206 cm³/mol. The van der Waals surface area contributed by atoms with Gasteiger partial charge in [-0.2, -0.15) is 5.10 Å². The number of nitrogens with zero attached hydrogens (tertiary/aromatic N) is 7. The van der Waals surface area contributed by atoms with Crippen LogP contribution in [0.1, 0.15) is 70.7 Å². The summed E-state index contributed by atoms with van der Waals surface area (Å²) in [6.07, 6.45) is 5.57. The first-order valence-corrected chi connectivity index (χ1v) is 19.3. The summed E-state index contributed by atoms with van der Waals surface area (Å²) in [5.74, 6) is -1.03. The van der Waals surface area contributed by atoms with Gasteiger partial charge < -0.3 is 20.3 Å². The smallest absolute Gasteiger partial charge is 0.262 e. The van der Waals surface area contributed by atoms with E-state index in [0.29, 0.717) is 34.9 Å². The summed E-state index contributed by atoms with van der Waals surface area (Å²) in [5.41, 5.74) is 11.2. The number of imide groups is 2. The van der Waals surface area contributed by atoms with Crippen molar-refractivity contribution < 1.29 is 28.3 Å². The van der Waals surface area contributed by atoms with Crippen molar-refractivity contribution in [3.05, 3.63) is 89.1 Å². The van der Waals surface area contributed by atoms with Gasteiger partial charge in [0.2, 0.25) is 11.8 Å². The number of piperidine rings is 2. The van der Waals surface area contributed by atoms with Crippen LogP contribution in [0.25, 0.3) is 11.1 Å². The highest BCUT2D eigenvalue weighted by molar-refractivity contribution is 6.23. The lowest BCUT2D eigenvalue weighted by Gasteiger charge is -2.39. The number of carbonyl (C=O) groups is 4. The van der Waals surface area contributed by atoms with E-state index in [1.165, 1.54) is 12.1 Å². The molecule has 0 spiro atoms. The van der Waals surface area contributed by atoms with E-state index < -0.39 is 35.8 Å². The molecule has 6 heterocycles. The minimum Gasteiger partial charge on any atom is -0.482 e. The van der Waals surface area contributed by atoms with E-state index in [2.05, 4.69) is 25.0 Å². The number of hydrogen-bond donors (Lipinski definition) is 2. The van der Waals surface area contributed by atoms with E-state index in [0.717, 1.165) is 86.1 Å². The SMILES string of the molecule is C[C@@H](Oc1cc(-c2cn(C)nc2CN2CCN(CC3CCN(c4ccc5c(c4)C(=O)N(C4CCC(=O)NC4=O)C5=O)CC3)CC2)cnc1N)c1cccc(F)c1. The van der Waals surface area contributed by atoms with Crippen LogP contribution in [-0.4, -0.2) is 105 Å². The molecular weight excluding hydrogens is 718 g/mol. The highest BCUT2D eigenvalue weighted by Crippen LogP contribution is 2.34. The molecule has 2 aromatic heterocycles. The third-order valence-corrected chi connectivity index (χ3v) is 11.5. The number of pyridine rings is 1. The molecule has 3 saturated heterocycles. The molecule has 4 aromatic rings. The zero-order valence-electron chi connectivity index (χ0n) is 31.6. The maximum Gasteiger partial charge on any atom is 0.262 e. The second-order valence-corrected chi connectivity index (χ2v) is 15.3. The standard InChI is InChI=1S/C41H46FN9O5/c1-25(27-4-3-5-29(42)18-27)56-36-19-28(21-44-38(36)43)33-23-47(2)46-34(33)24-49-16-14-48(15-17-49)22-26-10-12-50(13-11-26)30-6-7-31-32(20-30)41(55)51(40(31)54)35-8-9-37(52)45-39(35)53/h3-7,18-21,23,25-26,35H,8-17,22,24H2,1-2H3,(H2,43,44)(H,45,52,53)/t25-,35?/m1/s1. The van der Waals surface area contributed by atoms with Crippen LogP contribution in [-0.2, 0) is 23.2 Å². The van der Waals surface area contributed by atoms with E-state index in [4.69, 9.17) is 15.6 Å². The minimum atomic E-state index is -0.972. The number of nitrogens with two attached hydrogens (primary N) is 1. The van der Waals surface area contributed by atoms with Gasteiger partial charge in [0, 0.05) is 95.0 Å². The number of hydrogen-bond acceptors (Lipinski definition) is 11. The van der Waals surface area contributed by atoms with Crippen LogP contribution < -0.4 is 20.7 Å². The summed E-state index contributed by atoms with van der Waals surface area (Å²) < 4.78 is 21.8. The number of anilines is 2. The second-order valence-electron chi connectivity index (χ2n) is 15.3. The molecule has 8 rings (SSSR count). The molecule has 292 valence electrons. The Balaban J connectivity index is 0.829. The average Bonchev–Trinajstić information content (AvgIpc) is 3.67. The Morgan fingerprint density at radius 3 is 2.41 bits per heavy atom. The topological polar surface area (TPSA) is 159 Å². The molecule has 0 bridgehead atoms. The first kappa shape index (κ1) is 37.3. The van der Waals surface area contributed by atoms with Crippen LogP contribution in [0.5, 0.6) is 5.75 Å². The van der Waals surface area contributed by atoms with Crippen molar-refractivity contribution in [2.75, 3.05) is 56.4 Å². The summed E-state index contributed by atoms with van der Waals surface area (Å²) in [6, 6.07) is 12.6. The Labute approximate surface area is 324 Å². The van der Waals surface area contributed by atoms with Crippen molar-refractivity contribution in [3.8, 4) is 16.9 Å². The fraction of sp³-hybridized carbons (Fsp3) is 0.415. The Kier molecular flexibility index (Phi) is 10.3. The molecule has 0 aliphatic carbocycles. The Hall–Kier alpha value is -5.67. The molecule has 0 radical (unpaired) electrons. The van der Waals surface area contributed by atoms with Gasteiger partial charge in [0.25, 0.3) is 11.8 Å². The molecule has 15 heteroatoms. The normalized spacial score (nSPS) is 20.4. The third-order valence-electron chi connectivity index (χ3n) is 11.5. The highest BCUT2D eigenvalue weighted by atomic mass is 19.1. The van der Waals surface area contributed by atoms with E-state index in [1.54, 1.807) is 24.4 Å². The second kappa shape index (κ2) is 15.5. The van der Waals surface area contributed by atoms with Crippen LogP contribution in [0.3, 0.4) is 0 Å². The first-order chi connectivity index (χ1) is 27.0. The number of aromatic nitrogens is 3. The lowest BCUT2D eigenvalue weighted by molar-refractivity contribution is -0.136. The highest BCUT2D eigenvalue weighted by Gasteiger charge is 2.45. The summed E-state index contributed by atoms with van der Waals surface area (Å²) in [7, 11) is 1.91. The lowest BCUT2D eigenvalue weighted by atomic mass is 9.95. The van der Waals surface area contributed by atoms with E-state index in [1.807, 2.05) is 43.0 Å². The van der Waals surface area contributed by atoms with Crippen LogP contribution >= 0.6 is 0 Å². The molecule has 4 amide bonds. The van der Waals surface area contributed by atoms with Crippen LogP contribution in [0.15, 0.2) is 60.9 Å². The molecular formula is C41H46FN9O5. The molecule has 3 fully saturated rings. The zero-order chi connectivity index (χ0) is 39.1. The maximum atomic E-state index is 13.8. The van der Waals surface area contributed by atoms with Gasteiger partial charge in [0.1, 0.15) is 18.0 Å². The average molecular weight is 764 g/mol. The monoisotopic (exact) mass is 763 g/mol. The Bertz CT molecular complexity index is 2180. The van der Waals surface area contributed by atoms with Crippen molar-refractivity contribution in [1.29, 1.82) is 0 Å². The molecule has 0 saturated carbocycles. The fourth-order valence-corrected chi connectivity index (χ4v) is 8.34. The fourth-order valence-electron chi connectivity index (χ4n) is 8.34. The van der Waals surface area contributed by atoms with Gasteiger partial charge in [-0.05, 0) is 74.1 Å². The number of benzene rings is 2. The third kappa shape index (κ3) is 7.60. The van der Waals surface area contributed by atoms with Gasteiger partial charge in [-0.1, -0.05) is 12.1 Å². The molecule has 56 heavy (non-hydrogen) atoms. The Morgan fingerprint density at radius 1 is 0.911 bits per heavy atom. The molecule has 14 nitrogen and oxygen atoms in total.